The molecule has 0 bridgehead atoms. The van der Waals surface area contributed by atoms with E-state index in [4.69, 9.17) is 39.5 Å². The Kier molecular flexibility index (Phi) is 8.05. The summed E-state index contributed by atoms with van der Waals surface area (Å²) in [5, 5.41) is 3.23. The molecule has 0 radical (unpaired) electrons. The van der Waals surface area contributed by atoms with Crippen molar-refractivity contribution in [1.82, 2.24) is 5.32 Å². The van der Waals surface area contributed by atoms with Crippen LogP contribution in [-0.2, 0) is 14.8 Å². The van der Waals surface area contributed by atoms with Gasteiger partial charge >= 0.3 is 0 Å². The molecule has 158 valence electrons. The van der Waals surface area contributed by atoms with E-state index in [9.17, 15) is 13.2 Å². The van der Waals surface area contributed by atoms with E-state index in [1.165, 1.54) is 12.1 Å². The number of anilines is 1. The van der Waals surface area contributed by atoms with Crippen LogP contribution in [0.5, 0.6) is 5.75 Å². The van der Waals surface area contributed by atoms with Gasteiger partial charge in [-0.05, 0) is 36.2 Å². The molecule has 1 atom stereocenters. The number of ether oxygens (including phenoxy) is 1. The van der Waals surface area contributed by atoms with Crippen LogP contribution in [0, 0.1) is 0 Å². The molecule has 6 nitrogen and oxygen atoms in total. The predicted octanol–water partition coefficient (Wildman–Crippen LogP) is 4.69. The fourth-order valence-corrected chi connectivity index (χ4v) is 4.27. The van der Waals surface area contributed by atoms with Crippen LogP contribution in [0.2, 0.25) is 15.1 Å². The molecule has 0 unspecified atom stereocenters. The highest BCUT2D eigenvalue weighted by Crippen LogP contribution is 2.35. The Morgan fingerprint density at radius 1 is 1.10 bits per heavy atom. The zero-order valence-corrected chi connectivity index (χ0v) is 19.2. The second kappa shape index (κ2) is 9.89. The number of amides is 1. The predicted molar refractivity (Wildman–Crippen MR) is 118 cm³/mol. The van der Waals surface area contributed by atoms with Gasteiger partial charge in [0.05, 0.1) is 40.2 Å². The molecule has 0 aliphatic rings. The van der Waals surface area contributed by atoms with E-state index in [2.05, 4.69) is 5.32 Å². The molecule has 2 aromatic carbocycles. The van der Waals surface area contributed by atoms with Gasteiger partial charge in [-0.3, -0.25) is 9.10 Å². The molecule has 2 rings (SSSR count). The van der Waals surface area contributed by atoms with Gasteiger partial charge in [-0.1, -0.05) is 53.9 Å². The average molecular weight is 480 g/mol. The summed E-state index contributed by atoms with van der Waals surface area (Å²) in [5.74, 6) is 0.215. The summed E-state index contributed by atoms with van der Waals surface area (Å²) >= 11 is 18.1. The van der Waals surface area contributed by atoms with Crippen LogP contribution >= 0.6 is 34.8 Å². The molecule has 0 saturated heterocycles. The number of sulfonamides is 1. The lowest BCUT2D eigenvalue weighted by Crippen LogP contribution is -2.41. The van der Waals surface area contributed by atoms with E-state index in [0.717, 1.165) is 16.1 Å². The SMILES string of the molecule is CC[C@@H](NC(=O)CN(c1cc(Cl)c(Cl)cc1Cl)S(C)(=O)=O)c1ccc(OC)cc1. The second-order valence-electron chi connectivity index (χ2n) is 6.29. The highest BCUT2D eigenvalue weighted by Gasteiger charge is 2.25. The third-order valence-corrected chi connectivity index (χ3v) is 6.36. The molecule has 1 amide bonds. The molecule has 0 heterocycles. The number of hydrogen-bond acceptors (Lipinski definition) is 4. The number of nitrogens with one attached hydrogen (secondary N) is 1. The second-order valence-corrected chi connectivity index (χ2v) is 9.42. The van der Waals surface area contributed by atoms with E-state index in [1.807, 2.05) is 19.1 Å². The lowest BCUT2D eigenvalue weighted by atomic mass is 10.0. The van der Waals surface area contributed by atoms with Gasteiger partial charge in [0, 0.05) is 0 Å². The van der Waals surface area contributed by atoms with Crippen molar-refractivity contribution in [3.05, 3.63) is 57.0 Å². The maximum atomic E-state index is 12.7. The van der Waals surface area contributed by atoms with Crippen LogP contribution in [-0.4, -0.2) is 34.2 Å². The number of halogens is 3. The largest absolute Gasteiger partial charge is 0.497 e. The molecule has 0 fully saturated rings. The number of nitrogens with zero attached hydrogens (tertiary/aromatic N) is 1. The summed E-state index contributed by atoms with van der Waals surface area (Å²) in [6, 6.07) is 9.64. The van der Waals surface area contributed by atoms with Crippen LogP contribution in [0.3, 0.4) is 0 Å². The van der Waals surface area contributed by atoms with Crippen LogP contribution in [0.25, 0.3) is 0 Å². The first-order valence-electron chi connectivity index (χ1n) is 8.62. The van der Waals surface area contributed by atoms with Gasteiger partial charge in [-0.2, -0.15) is 0 Å². The fourth-order valence-electron chi connectivity index (χ4n) is 2.71. The first-order valence-corrected chi connectivity index (χ1v) is 11.6. The summed E-state index contributed by atoms with van der Waals surface area (Å²) in [7, 11) is -2.24. The maximum Gasteiger partial charge on any atom is 0.241 e. The van der Waals surface area contributed by atoms with Gasteiger partial charge in [-0.15, -0.1) is 0 Å². The molecule has 2 aromatic rings. The van der Waals surface area contributed by atoms with Crippen LogP contribution < -0.4 is 14.4 Å². The number of benzene rings is 2. The smallest absolute Gasteiger partial charge is 0.241 e. The molecule has 10 heteroatoms. The number of carbonyl (C=O) groups excluding carboxylic acids is 1. The van der Waals surface area contributed by atoms with Crippen LogP contribution in [0.1, 0.15) is 24.9 Å². The van der Waals surface area contributed by atoms with Crippen molar-refractivity contribution >= 4 is 56.4 Å². The average Bonchev–Trinajstić information content (AvgIpc) is 2.66. The minimum absolute atomic E-state index is 0.0693. The summed E-state index contributed by atoms with van der Waals surface area (Å²) in [6.07, 6.45) is 1.60. The normalized spacial score (nSPS) is 12.3. The Balaban J connectivity index is 2.25. The third kappa shape index (κ3) is 6.15. The lowest BCUT2D eigenvalue weighted by Gasteiger charge is -2.25. The minimum atomic E-state index is -3.81. The number of carbonyl (C=O) groups is 1. The first kappa shape index (κ1) is 23.6. The fraction of sp³-hybridized carbons (Fsp3) is 0.316. The van der Waals surface area contributed by atoms with Gasteiger partial charge in [-0.25, -0.2) is 8.42 Å². The van der Waals surface area contributed by atoms with Crippen LogP contribution in [0.4, 0.5) is 5.69 Å². The van der Waals surface area contributed by atoms with E-state index < -0.39 is 22.5 Å². The molecule has 0 saturated carbocycles. The van der Waals surface area contributed by atoms with Gasteiger partial charge in [0.2, 0.25) is 15.9 Å². The molecular weight excluding hydrogens is 459 g/mol. The Labute approximate surface area is 185 Å². The van der Waals surface area contributed by atoms with Gasteiger partial charge in [0.15, 0.2) is 0 Å². The first-order chi connectivity index (χ1) is 13.6. The monoisotopic (exact) mass is 478 g/mol. The highest BCUT2D eigenvalue weighted by atomic mass is 35.5. The Morgan fingerprint density at radius 2 is 1.69 bits per heavy atom. The van der Waals surface area contributed by atoms with Crippen molar-refractivity contribution in [1.29, 1.82) is 0 Å². The van der Waals surface area contributed by atoms with Gasteiger partial charge < -0.3 is 10.1 Å². The summed E-state index contributed by atoms with van der Waals surface area (Å²) < 4.78 is 30.7. The zero-order chi connectivity index (χ0) is 21.8. The van der Waals surface area contributed by atoms with Gasteiger partial charge in [0.1, 0.15) is 12.3 Å². The van der Waals surface area contributed by atoms with E-state index >= 15 is 0 Å². The minimum Gasteiger partial charge on any atom is -0.497 e. The Hall–Kier alpha value is -1.67. The zero-order valence-electron chi connectivity index (χ0n) is 16.1. The van der Waals surface area contributed by atoms with Crippen molar-refractivity contribution in [3.63, 3.8) is 0 Å². The van der Waals surface area contributed by atoms with E-state index in [-0.39, 0.29) is 26.8 Å². The van der Waals surface area contributed by atoms with Crippen molar-refractivity contribution in [2.24, 2.45) is 0 Å². The van der Waals surface area contributed by atoms with Crippen molar-refractivity contribution in [3.8, 4) is 5.75 Å². The standard InChI is InChI=1S/C19H21Cl3N2O4S/c1-4-17(12-5-7-13(28-2)8-6-12)23-19(25)11-24(29(3,26)27)18-10-15(21)14(20)9-16(18)22/h5-10,17H,4,11H2,1-3H3,(H,23,25)/t17-/m1/s1. The Bertz CT molecular complexity index is 982. The molecule has 0 aliphatic heterocycles. The highest BCUT2D eigenvalue weighted by molar-refractivity contribution is 7.92. The topological polar surface area (TPSA) is 75.7 Å². The van der Waals surface area contributed by atoms with Crippen molar-refractivity contribution in [2.75, 3.05) is 24.2 Å². The summed E-state index contributed by atoms with van der Waals surface area (Å²) in [5.41, 5.74) is 0.955. The molecular formula is C19H21Cl3N2O4S. The quantitative estimate of drug-likeness (QED) is 0.557. The molecule has 0 aliphatic carbocycles. The number of methoxy groups -OCH3 is 1. The van der Waals surface area contributed by atoms with E-state index in [1.54, 1.807) is 19.2 Å². The molecule has 0 spiro atoms. The van der Waals surface area contributed by atoms with Gasteiger partial charge in [0.25, 0.3) is 0 Å². The van der Waals surface area contributed by atoms with Crippen molar-refractivity contribution < 1.29 is 17.9 Å². The number of rotatable bonds is 8. The molecule has 29 heavy (non-hydrogen) atoms. The maximum absolute atomic E-state index is 12.7. The molecule has 0 aromatic heterocycles. The van der Waals surface area contributed by atoms with Crippen LogP contribution in [0.15, 0.2) is 36.4 Å². The summed E-state index contributed by atoms with van der Waals surface area (Å²) in [6.45, 7) is 1.46. The summed E-state index contributed by atoms with van der Waals surface area (Å²) in [4.78, 5) is 12.7. The molecule has 1 N–H and O–H groups in total. The van der Waals surface area contributed by atoms with Crippen molar-refractivity contribution in [2.45, 2.75) is 19.4 Å². The Morgan fingerprint density at radius 3 is 2.21 bits per heavy atom. The third-order valence-electron chi connectivity index (χ3n) is 4.21. The lowest BCUT2D eigenvalue weighted by molar-refractivity contribution is -0.120. The van der Waals surface area contributed by atoms with E-state index in [0.29, 0.717) is 12.2 Å². The number of hydrogen-bond donors (Lipinski definition) is 1.